The van der Waals surface area contributed by atoms with Crippen molar-refractivity contribution in [3.63, 3.8) is 0 Å². The number of nitrogens with zero attached hydrogens (tertiary/aromatic N) is 1. The first-order valence-electron chi connectivity index (χ1n) is 10.6. The van der Waals surface area contributed by atoms with Crippen molar-refractivity contribution in [2.75, 3.05) is 43.1 Å². The number of benzene rings is 2. The lowest BCUT2D eigenvalue weighted by Crippen LogP contribution is -2.71. The molecule has 0 radical (unpaired) electrons. The molecule has 30 heavy (non-hydrogen) atoms. The van der Waals surface area contributed by atoms with Gasteiger partial charge in [0.25, 0.3) is 0 Å². The highest BCUT2D eigenvalue weighted by atomic mass is 16.5. The Hall–Kier alpha value is -2.65. The van der Waals surface area contributed by atoms with Gasteiger partial charge in [0.2, 0.25) is 5.91 Å². The van der Waals surface area contributed by atoms with Crippen molar-refractivity contribution < 1.29 is 9.53 Å². The second kappa shape index (κ2) is 8.61. The summed E-state index contributed by atoms with van der Waals surface area (Å²) in [6.07, 6.45) is -0.233. The van der Waals surface area contributed by atoms with Gasteiger partial charge in [-0.15, -0.1) is 0 Å². The van der Waals surface area contributed by atoms with Gasteiger partial charge in [-0.1, -0.05) is 30.3 Å². The molecule has 4 atom stereocenters. The Morgan fingerprint density at radius 1 is 0.967 bits per heavy atom. The number of anilines is 2. The fourth-order valence-corrected chi connectivity index (χ4v) is 4.47. The van der Waals surface area contributed by atoms with Crippen LogP contribution in [0.5, 0.6) is 0 Å². The summed E-state index contributed by atoms with van der Waals surface area (Å²) in [5.74, 6) is -0.245. The highest BCUT2D eigenvalue weighted by Gasteiger charge is 2.43. The van der Waals surface area contributed by atoms with Crippen LogP contribution in [0, 0.1) is 5.92 Å². The van der Waals surface area contributed by atoms with E-state index in [1.54, 1.807) is 0 Å². The zero-order valence-electron chi connectivity index (χ0n) is 16.8. The molecule has 8 heteroatoms. The molecule has 3 heterocycles. The summed E-state index contributed by atoms with van der Waals surface area (Å²) in [6.45, 7) is 4.05. The van der Waals surface area contributed by atoms with Crippen LogP contribution >= 0.6 is 0 Å². The number of fused-ring (bicyclic) bond motifs is 1. The molecule has 3 saturated heterocycles. The predicted octanol–water partition coefficient (Wildman–Crippen LogP) is 0.772. The first-order chi connectivity index (χ1) is 14.8. The van der Waals surface area contributed by atoms with Crippen LogP contribution in [-0.2, 0) is 9.53 Å². The number of hydrogen-bond donors (Lipinski definition) is 5. The maximum Gasteiger partial charge on any atom is 0.242 e. The fraction of sp³-hybridized carbons (Fsp3) is 0.409. The van der Waals surface area contributed by atoms with E-state index < -0.39 is 0 Å². The fourth-order valence-electron chi connectivity index (χ4n) is 4.47. The van der Waals surface area contributed by atoms with E-state index in [0.717, 1.165) is 37.6 Å². The normalized spacial score (nSPS) is 29.1. The molecular formula is C22H28N6O2. The Morgan fingerprint density at radius 2 is 1.73 bits per heavy atom. The van der Waals surface area contributed by atoms with E-state index in [4.69, 9.17) is 4.74 Å². The molecule has 2 aromatic rings. The van der Waals surface area contributed by atoms with Crippen LogP contribution in [0.2, 0.25) is 0 Å². The van der Waals surface area contributed by atoms with Crippen molar-refractivity contribution in [3.05, 3.63) is 60.2 Å². The largest absolute Gasteiger partial charge is 0.378 e. The minimum atomic E-state index is -0.231. The van der Waals surface area contributed by atoms with Gasteiger partial charge in [0.15, 0.2) is 0 Å². The number of hydrogen-bond acceptors (Lipinski definition) is 7. The number of ether oxygens (including phenoxy) is 1. The van der Waals surface area contributed by atoms with Crippen LogP contribution in [0.4, 0.5) is 11.4 Å². The van der Waals surface area contributed by atoms with Gasteiger partial charge < -0.3 is 15.0 Å². The number of carbonyl (C=O) groups excluding carboxylic acids is 1. The summed E-state index contributed by atoms with van der Waals surface area (Å²) in [5, 5.41) is 10.7. The predicted molar refractivity (Wildman–Crippen MR) is 116 cm³/mol. The molecule has 5 N–H and O–H groups in total. The zero-order valence-corrected chi connectivity index (χ0v) is 16.8. The minimum absolute atomic E-state index is 0.0137. The lowest BCUT2D eigenvalue weighted by atomic mass is 9.89. The Morgan fingerprint density at radius 3 is 2.50 bits per heavy atom. The molecule has 0 aromatic heterocycles. The second-order valence-electron chi connectivity index (χ2n) is 7.95. The van der Waals surface area contributed by atoms with Crippen LogP contribution in [0.25, 0.3) is 0 Å². The lowest BCUT2D eigenvalue weighted by molar-refractivity contribution is -0.131. The molecule has 0 spiro atoms. The van der Waals surface area contributed by atoms with Gasteiger partial charge in [0, 0.05) is 37.1 Å². The second-order valence-corrected chi connectivity index (χ2v) is 7.95. The number of nitrogens with one attached hydrogen (secondary N) is 5. The molecule has 2 aromatic carbocycles. The lowest BCUT2D eigenvalue weighted by Gasteiger charge is -2.46. The summed E-state index contributed by atoms with van der Waals surface area (Å²) in [6, 6.07) is 18.7. The van der Waals surface area contributed by atoms with Gasteiger partial charge >= 0.3 is 0 Å². The molecular weight excluding hydrogens is 380 g/mol. The average molecular weight is 409 g/mol. The van der Waals surface area contributed by atoms with E-state index in [2.05, 4.69) is 68.1 Å². The molecule has 8 nitrogen and oxygen atoms in total. The number of amides is 1. The molecule has 4 unspecified atom stereocenters. The van der Waals surface area contributed by atoms with Crippen molar-refractivity contribution in [1.82, 2.24) is 21.5 Å². The van der Waals surface area contributed by atoms with Crippen LogP contribution in [0.15, 0.2) is 54.6 Å². The molecule has 5 rings (SSSR count). The van der Waals surface area contributed by atoms with Crippen molar-refractivity contribution in [2.24, 2.45) is 5.92 Å². The van der Waals surface area contributed by atoms with E-state index in [1.165, 1.54) is 5.69 Å². The van der Waals surface area contributed by atoms with Crippen molar-refractivity contribution in [3.8, 4) is 0 Å². The van der Waals surface area contributed by atoms with Crippen LogP contribution in [0.1, 0.15) is 11.7 Å². The molecule has 0 saturated carbocycles. The average Bonchev–Trinajstić information content (AvgIpc) is 2.81. The maximum atomic E-state index is 12.6. The third-order valence-corrected chi connectivity index (χ3v) is 6.05. The highest BCUT2D eigenvalue weighted by Crippen LogP contribution is 2.26. The third-order valence-electron chi connectivity index (χ3n) is 6.05. The summed E-state index contributed by atoms with van der Waals surface area (Å²) >= 11 is 0. The molecule has 0 aliphatic carbocycles. The van der Waals surface area contributed by atoms with E-state index in [-0.39, 0.29) is 30.2 Å². The first kappa shape index (κ1) is 19.3. The minimum Gasteiger partial charge on any atom is -0.378 e. The highest BCUT2D eigenvalue weighted by molar-refractivity contribution is 5.81. The van der Waals surface area contributed by atoms with E-state index in [9.17, 15) is 4.79 Å². The van der Waals surface area contributed by atoms with Gasteiger partial charge in [0.1, 0.15) is 0 Å². The Kier molecular flexibility index (Phi) is 5.54. The molecule has 3 aliphatic heterocycles. The zero-order chi connectivity index (χ0) is 20.3. The summed E-state index contributed by atoms with van der Waals surface area (Å²) < 4.78 is 5.44. The number of morpholine rings is 1. The van der Waals surface area contributed by atoms with Gasteiger partial charge in [-0.3, -0.25) is 20.9 Å². The topological polar surface area (TPSA) is 89.7 Å². The van der Waals surface area contributed by atoms with E-state index in [1.807, 2.05) is 18.2 Å². The first-order valence-corrected chi connectivity index (χ1v) is 10.6. The van der Waals surface area contributed by atoms with Gasteiger partial charge in [-0.05, 0) is 29.8 Å². The molecule has 1 amide bonds. The molecule has 3 fully saturated rings. The van der Waals surface area contributed by atoms with E-state index in [0.29, 0.717) is 6.54 Å². The quantitative estimate of drug-likeness (QED) is 0.511. The summed E-state index contributed by atoms with van der Waals surface area (Å²) in [7, 11) is 0. The third kappa shape index (κ3) is 3.99. The molecule has 0 bridgehead atoms. The standard InChI is InChI=1S/C22H28N6O2/c29-22-19-18(14-23-27-22)25-20(15-4-2-1-3-5-15)26-21(19)24-16-6-8-17(9-7-16)28-10-12-30-13-11-28/h1-9,18-21,23-26H,10-14H2,(H,27,29). The van der Waals surface area contributed by atoms with Crippen molar-refractivity contribution >= 4 is 17.3 Å². The van der Waals surface area contributed by atoms with Crippen LogP contribution in [-0.4, -0.2) is 51.0 Å². The summed E-state index contributed by atoms with van der Waals surface area (Å²) in [5.41, 5.74) is 9.11. The monoisotopic (exact) mass is 408 g/mol. The van der Waals surface area contributed by atoms with Crippen molar-refractivity contribution in [1.29, 1.82) is 0 Å². The SMILES string of the molecule is O=C1NNCC2NC(c3ccccc3)NC(Nc3ccc(N4CCOCC4)cc3)C12. The molecule has 3 aliphatic rings. The van der Waals surface area contributed by atoms with Gasteiger partial charge in [-0.25, -0.2) is 5.43 Å². The van der Waals surface area contributed by atoms with Crippen LogP contribution < -0.4 is 31.7 Å². The number of carbonyl (C=O) groups is 1. The molecule has 158 valence electrons. The van der Waals surface area contributed by atoms with Gasteiger partial charge in [-0.2, -0.15) is 0 Å². The number of rotatable bonds is 4. The maximum absolute atomic E-state index is 12.6. The van der Waals surface area contributed by atoms with Crippen LogP contribution in [0.3, 0.4) is 0 Å². The smallest absolute Gasteiger partial charge is 0.242 e. The Balaban J connectivity index is 1.34. The van der Waals surface area contributed by atoms with E-state index >= 15 is 0 Å². The Labute approximate surface area is 176 Å². The number of hydrazine groups is 1. The van der Waals surface area contributed by atoms with Crippen molar-refractivity contribution in [2.45, 2.75) is 18.4 Å². The van der Waals surface area contributed by atoms with Gasteiger partial charge in [0.05, 0.1) is 31.5 Å². The summed E-state index contributed by atoms with van der Waals surface area (Å²) in [4.78, 5) is 15.0. The Bertz CT molecular complexity index is 856.